The van der Waals surface area contributed by atoms with Gasteiger partial charge in [-0.2, -0.15) is 0 Å². The third-order valence-corrected chi connectivity index (χ3v) is 4.97. The Morgan fingerprint density at radius 2 is 1.85 bits per heavy atom. The molecule has 26 heavy (non-hydrogen) atoms. The lowest BCUT2D eigenvalue weighted by Gasteiger charge is -2.17. The fourth-order valence-electron chi connectivity index (χ4n) is 2.66. The molecule has 7 heteroatoms. The van der Waals surface area contributed by atoms with Gasteiger partial charge in [0.1, 0.15) is 15.9 Å². The molecule has 1 amide bonds. The summed E-state index contributed by atoms with van der Waals surface area (Å²) < 4.78 is 27.4. The zero-order chi connectivity index (χ0) is 19.3. The smallest absolute Gasteiger partial charge is 0.328 e. The van der Waals surface area contributed by atoms with Crippen molar-refractivity contribution in [3.8, 4) is 0 Å². The first-order chi connectivity index (χ1) is 12.3. The Balaban J connectivity index is 2.33. The average molecular weight is 375 g/mol. The van der Waals surface area contributed by atoms with Gasteiger partial charge in [0.2, 0.25) is 0 Å². The van der Waals surface area contributed by atoms with E-state index in [9.17, 15) is 18.0 Å². The predicted molar refractivity (Wildman–Crippen MR) is 102 cm³/mol. The molecular weight excluding hydrogens is 354 g/mol. The summed E-state index contributed by atoms with van der Waals surface area (Å²) in [6.07, 6.45) is 2.72. The second kappa shape index (κ2) is 8.14. The molecule has 0 aromatic heterocycles. The standard InChI is InChI=1S/C19H21NO5S/c1-4-13-9-10-16(15-8-6-5-7-14(13)15)18(21)20-17(19(22)25-2)11-12-26(3,23)24/h4-10,17H,1,11-12H2,2-3H3,(H,20,21). The van der Waals surface area contributed by atoms with Gasteiger partial charge in [-0.25, -0.2) is 13.2 Å². The van der Waals surface area contributed by atoms with E-state index in [0.29, 0.717) is 10.9 Å². The predicted octanol–water partition coefficient (Wildman–Crippen LogP) is 2.19. The van der Waals surface area contributed by atoms with Gasteiger partial charge in [-0.1, -0.05) is 43.0 Å². The molecule has 0 saturated carbocycles. The first-order valence-electron chi connectivity index (χ1n) is 7.97. The van der Waals surface area contributed by atoms with E-state index < -0.39 is 27.8 Å². The van der Waals surface area contributed by atoms with E-state index in [2.05, 4.69) is 16.6 Å². The summed E-state index contributed by atoms with van der Waals surface area (Å²) in [5.41, 5.74) is 1.28. The third kappa shape index (κ3) is 4.70. The summed E-state index contributed by atoms with van der Waals surface area (Å²) in [6, 6.07) is 9.74. The number of benzene rings is 2. The number of esters is 1. The molecule has 6 nitrogen and oxygen atoms in total. The molecule has 138 valence electrons. The van der Waals surface area contributed by atoms with Crippen molar-refractivity contribution < 1.29 is 22.7 Å². The highest BCUT2D eigenvalue weighted by Crippen LogP contribution is 2.24. The number of carbonyl (C=O) groups excluding carboxylic acids is 2. The minimum atomic E-state index is -3.28. The number of hydrogen-bond acceptors (Lipinski definition) is 5. The zero-order valence-electron chi connectivity index (χ0n) is 14.7. The largest absolute Gasteiger partial charge is 0.467 e. The van der Waals surface area contributed by atoms with Crippen LogP contribution < -0.4 is 5.32 Å². The van der Waals surface area contributed by atoms with Gasteiger partial charge >= 0.3 is 5.97 Å². The number of fused-ring (bicyclic) bond motifs is 1. The first kappa shape index (κ1) is 19.7. The maximum Gasteiger partial charge on any atom is 0.328 e. The fourth-order valence-corrected chi connectivity index (χ4v) is 3.32. The number of carbonyl (C=O) groups is 2. The molecule has 0 spiro atoms. The SMILES string of the molecule is C=Cc1ccc(C(=O)NC(CCS(C)(=O)=O)C(=O)OC)c2ccccc12. The van der Waals surface area contributed by atoms with Gasteiger partial charge in [0, 0.05) is 11.8 Å². The van der Waals surface area contributed by atoms with E-state index in [1.807, 2.05) is 18.2 Å². The van der Waals surface area contributed by atoms with Gasteiger partial charge < -0.3 is 10.1 Å². The summed E-state index contributed by atoms with van der Waals surface area (Å²) in [4.78, 5) is 24.6. The van der Waals surface area contributed by atoms with Crippen molar-refractivity contribution >= 4 is 38.6 Å². The van der Waals surface area contributed by atoms with Crippen molar-refractivity contribution in [1.82, 2.24) is 5.32 Å². The molecule has 2 aromatic rings. The normalized spacial score (nSPS) is 12.4. The number of methoxy groups -OCH3 is 1. The summed E-state index contributed by atoms with van der Waals surface area (Å²) >= 11 is 0. The molecule has 0 fully saturated rings. The Morgan fingerprint density at radius 3 is 2.42 bits per heavy atom. The summed E-state index contributed by atoms with van der Waals surface area (Å²) in [6.45, 7) is 3.77. The molecule has 0 aliphatic rings. The summed E-state index contributed by atoms with van der Waals surface area (Å²) in [5, 5.41) is 4.16. The molecule has 0 saturated heterocycles. The highest BCUT2D eigenvalue weighted by Gasteiger charge is 2.24. The van der Waals surface area contributed by atoms with Crippen LogP contribution in [0.1, 0.15) is 22.3 Å². The molecule has 0 aliphatic heterocycles. The van der Waals surface area contributed by atoms with E-state index in [4.69, 9.17) is 0 Å². The van der Waals surface area contributed by atoms with Gasteiger partial charge in [-0.05, 0) is 28.8 Å². The zero-order valence-corrected chi connectivity index (χ0v) is 15.5. The Morgan fingerprint density at radius 1 is 1.19 bits per heavy atom. The third-order valence-electron chi connectivity index (χ3n) is 3.99. The average Bonchev–Trinajstić information content (AvgIpc) is 2.62. The van der Waals surface area contributed by atoms with Crippen LogP contribution in [0.4, 0.5) is 0 Å². The van der Waals surface area contributed by atoms with E-state index >= 15 is 0 Å². The van der Waals surface area contributed by atoms with Gasteiger partial charge in [-0.3, -0.25) is 4.79 Å². The monoisotopic (exact) mass is 375 g/mol. The fraction of sp³-hybridized carbons (Fsp3) is 0.263. The molecule has 2 aromatic carbocycles. The van der Waals surface area contributed by atoms with Crippen molar-refractivity contribution in [2.75, 3.05) is 19.1 Å². The van der Waals surface area contributed by atoms with Crippen LogP contribution in [0.3, 0.4) is 0 Å². The maximum absolute atomic E-state index is 12.7. The van der Waals surface area contributed by atoms with E-state index in [1.54, 1.807) is 24.3 Å². The Hall–Kier alpha value is -2.67. The highest BCUT2D eigenvalue weighted by molar-refractivity contribution is 7.90. The molecule has 1 N–H and O–H groups in total. The van der Waals surface area contributed by atoms with E-state index in [-0.39, 0.29) is 12.2 Å². The maximum atomic E-state index is 12.7. The highest BCUT2D eigenvalue weighted by atomic mass is 32.2. The van der Waals surface area contributed by atoms with Crippen LogP contribution in [0.15, 0.2) is 43.0 Å². The quantitative estimate of drug-likeness (QED) is 0.749. The minimum absolute atomic E-state index is 0.0556. The summed E-state index contributed by atoms with van der Waals surface area (Å²) in [7, 11) is -2.08. The Bertz CT molecular complexity index is 950. The lowest BCUT2D eigenvalue weighted by atomic mass is 9.99. The van der Waals surface area contributed by atoms with Crippen LogP contribution in [-0.4, -0.2) is 45.5 Å². The molecule has 0 bridgehead atoms. The van der Waals surface area contributed by atoms with Crippen molar-refractivity contribution in [2.45, 2.75) is 12.5 Å². The van der Waals surface area contributed by atoms with Gasteiger partial charge in [0.25, 0.3) is 5.91 Å². The number of sulfone groups is 1. The lowest BCUT2D eigenvalue weighted by Crippen LogP contribution is -2.42. The molecule has 0 heterocycles. The number of ether oxygens (including phenoxy) is 1. The second-order valence-corrected chi connectivity index (χ2v) is 8.18. The topological polar surface area (TPSA) is 89.5 Å². The number of amides is 1. The van der Waals surface area contributed by atoms with Crippen molar-refractivity contribution in [1.29, 1.82) is 0 Å². The Labute approximate surface area is 152 Å². The lowest BCUT2D eigenvalue weighted by molar-refractivity contribution is -0.142. The van der Waals surface area contributed by atoms with Crippen LogP contribution in [0.25, 0.3) is 16.8 Å². The van der Waals surface area contributed by atoms with Crippen molar-refractivity contribution in [3.05, 3.63) is 54.1 Å². The van der Waals surface area contributed by atoms with E-state index in [1.165, 1.54) is 7.11 Å². The van der Waals surface area contributed by atoms with Gasteiger partial charge in [-0.15, -0.1) is 0 Å². The second-order valence-electron chi connectivity index (χ2n) is 5.92. The van der Waals surface area contributed by atoms with Gasteiger partial charge in [0.05, 0.1) is 12.9 Å². The number of nitrogens with one attached hydrogen (secondary N) is 1. The first-order valence-corrected chi connectivity index (χ1v) is 10.0. The molecule has 1 unspecified atom stereocenters. The van der Waals surface area contributed by atoms with Crippen LogP contribution in [0, 0.1) is 0 Å². The van der Waals surface area contributed by atoms with Crippen LogP contribution in [0.5, 0.6) is 0 Å². The van der Waals surface area contributed by atoms with Crippen LogP contribution in [-0.2, 0) is 19.4 Å². The van der Waals surface area contributed by atoms with Crippen LogP contribution >= 0.6 is 0 Å². The molecule has 1 atom stereocenters. The number of rotatable bonds is 7. The van der Waals surface area contributed by atoms with Crippen LogP contribution in [0.2, 0.25) is 0 Å². The molecule has 0 radical (unpaired) electrons. The molecule has 2 rings (SSSR count). The summed E-state index contributed by atoms with van der Waals surface area (Å²) in [5.74, 6) is -1.39. The molecular formula is C19H21NO5S. The van der Waals surface area contributed by atoms with Crippen molar-refractivity contribution in [3.63, 3.8) is 0 Å². The van der Waals surface area contributed by atoms with Gasteiger partial charge in [0.15, 0.2) is 0 Å². The Kier molecular flexibility index (Phi) is 6.15. The number of hydrogen-bond donors (Lipinski definition) is 1. The van der Waals surface area contributed by atoms with E-state index in [0.717, 1.165) is 17.2 Å². The van der Waals surface area contributed by atoms with Crippen molar-refractivity contribution in [2.24, 2.45) is 0 Å². The molecule has 0 aliphatic carbocycles. The minimum Gasteiger partial charge on any atom is -0.467 e.